The van der Waals surface area contributed by atoms with E-state index in [4.69, 9.17) is 4.74 Å². The van der Waals surface area contributed by atoms with E-state index in [1.807, 2.05) is 18.7 Å². The van der Waals surface area contributed by atoms with Crippen molar-refractivity contribution in [3.05, 3.63) is 0 Å². The number of amides is 1. The Bertz CT molecular complexity index is 241. The van der Waals surface area contributed by atoms with Crippen LogP contribution in [0.25, 0.3) is 0 Å². The van der Waals surface area contributed by atoms with E-state index in [0.29, 0.717) is 12.5 Å². The van der Waals surface area contributed by atoms with Gasteiger partial charge in [0.2, 0.25) is 5.91 Å². The number of carbonyl (C=O) groups is 1. The van der Waals surface area contributed by atoms with Crippen LogP contribution in [0.3, 0.4) is 0 Å². The molecule has 2 aliphatic heterocycles. The standard InChI is InChI=1S/C12H22N2O2/c1-9-7-14(8-10(2)16-9)12(15)6-11-4-3-5-13-11/h9-11,13H,3-8H2,1-2H3/t9-,10+,11?. The maximum Gasteiger partial charge on any atom is 0.224 e. The summed E-state index contributed by atoms with van der Waals surface area (Å²) in [5, 5.41) is 3.37. The van der Waals surface area contributed by atoms with Gasteiger partial charge in [-0.2, -0.15) is 0 Å². The van der Waals surface area contributed by atoms with E-state index in [1.54, 1.807) is 0 Å². The molecule has 1 amide bonds. The minimum absolute atomic E-state index is 0.171. The first-order chi connectivity index (χ1) is 7.65. The Hall–Kier alpha value is -0.610. The van der Waals surface area contributed by atoms with Crippen molar-refractivity contribution in [3.63, 3.8) is 0 Å². The van der Waals surface area contributed by atoms with Crippen molar-refractivity contribution in [2.75, 3.05) is 19.6 Å². The first kappa shape index (κ1) is 11.9. The highest BCUT2D eigenvalue weighted by Crippen LogP contribution is 2.15. The fourth-order valence-electron chi connectivity index (χ4n) is 2.65. The lowest BCUT2D eigenvalue weighted by Gasteiger charge is -2.35. The number of hydrogen-bond acceptors (Lipinski definition) is 3. The highest BCUT2D eigenvalue weighted by Gasteiger charge is 2.27. The summed E-state index contributed by atoms with van der Waals surface area (Å²) >= 11 is 0. The predicted molar refractivity (Wildman–Crippen MR) is 62.2 cm³/mol. The van der Waals surface area contributed by atoms with E-state index in [9.17, 15) is 4.79 Å². The Morgan fingerprint density at radius 3 is 2.62 bits per heavy atom. The van der Waals surface area contributed by atoms with E-state index in [1.165, 1.54) is 6.42 Å². The van der Waals surface area contributed by atoms with Crippen LogP contribution in [0.4, 0.5) is 0 Å². The molecule has 4 nitrogen and oxygen atoms in total. The smallest absolute Gasteiger partial charge is 0.224 e. The first-order valence-corrected chi connectivity index (χ1v) is 6.32. The van der Waals surface area contributed by atoms with E-state index in [2.05, 4.69) is 5.32 Å². The van der Waals surface area contributed by atoms with Crippen LogP contribution in [0.1, 0.15) is 33.1 Å². The molecule has 0 aliphatic carbocycles. The number of morpholine rings is 1. The van der Waals surface area contributed by atoms with Crippen LogP contribution in [0, 0.1) is 0 Å². The lowest BCUT2D eigenvalue weighted by atomic mass is 10.1. The van der Waals surface area contributed by atoms with Gasteiger partial charge in [0.1, 0.15) is 0 Å². The molecular weight excluding hydrogens is 204 g/mol. The molecule has 0 spiro atoms. The van der Waals surface area contributed by atoms with Crippen molar-refractivity contribution >= 4 is 5.91 Å². The second-order valence-electron chi connectivity index (χ2n) is 5.05. The topological polar surface area (TPSA) is 41.6 Å². The van der Waals surface area contributed by atoms with Gasteiger partial charge >= 0.3 is 0 Å². The molecule has 2 saturated heterocycles. The molecule has 0 bridgehead atoms. The Morgan fingerprint density at radius 1 is 1.38 bits per heavy atom. The minimum atomic E-state index is 0.171. The number of nitrogens with one attached hydrogen (secondary N) is 1. The highest BCUT2D eigenvalue weighted by atomic mass is 16.5. The summed E-state index contributed by atoms with van der Waals surface area (Å²) in [5.41, 5.74) is 0. The fourth-order valence-corrected chi connectivity index (χ4v) is 2.65. The number of hydrogen-bond donors (Lipinski definition) is 1. The Kier molecular flexibility index (Phi) is 3.82. The molecule has 4 heteroatoms. The van der Waals surface area contributed by atoms with E-state index in [0.717, 1.165) is 26.1 Å². The molecule has 2 rings (SSSR count). The number of carbonyl (C=O) groups excluding carboxylic acids is 1. The molecule has 0 aromatic carbocycles. The van der Waals surface area contributed by atoms with Gasteiger partial charge in [0.15, 0.2) is 0 Å². The van der Waals surface area contributed by atoms with Crippen LogP contribution in [0.15, 0.2) is 0 Å². The molecule has 0 saturated carbocycles. The number of nitrogens with zero attached hydrogens (tertiary/aromatic N) is 1. The zero-order valence-corrected chi connectivity index (χ0v) is 10.2. The lowest BCUT2D eigenvalue weighted by Crippen LogP contribution is -2.49. The molecule has 16 heavy (non-hydrogen) atoms. The van der Waals surface area contributed by atoms with E-state index < -0.39 is 0 Å². The van der Waals surface area contributed by atoms with Crippen LogP contribution in [0.5, 0.6) is 0 Å². The average Bonchev–Trinajstić information content (AvgIpc) is 2.68. The highest BCUT2D eigenvalue weighted by molar-refractivity contribution is 5.77. The molecule has 0 aromatic heterocycles. The van der Waals surface area contributed by atoms with Gasteiger partial charge in [-0.25, -0.2) is 0 Å². The molecule has 1 unspecified atom stereocenters. The van der Waals surface area contributed by atoms with Gasteiger partial charge < -0.3 is 15.0 Å². The quantitative estimate of drug-likeness (QED) is 0.756. The maximum atomic E-state index is 12.1. The molecule has 2 aliphatic rings. The van der Waals surface area contributed by atoms with Crippen molar-refractivity contribution in [1.29, 1.82) is 0 Å². The Balaban J connectivity index is 1.83. The van der Waals surface area contributed by atoms with Gasteiger partial charge in [0, 0.05) is 25.6 Å². The van der Waals surface area contributed by atoms with Gasteiger partial charge in [0.05, 0.1) is 12.2 Å². The zero-order chi connectivity index (χ0) is 11.5. The molecule has 0 aromatic rings. The number of ether oxygens (including phenoxy) is 1. The largest absolute Gasteiger partial charge is 0.372 e. The van der Waals surface area contributed by atoms with Gasteiger partial charge in [-0.1, -0.05) is 0 Å². The third-order valence-corrected chi connectivity index (χ3v) is 3.36. The summed E-state index contributed by atoms with van der Waals surface area (Å²) in [6, 6.07) is 0.404. The molecule has 3 atom stereocenters. The van der Waals surface area contributed by atoms with Crippen LogP contribution in [0.2, 0.25) is 0 Å². The van der Waals surface area contributed by atoms with Crippen molar-refractivity contribution in [3.8, 4) is 0 Å². The molecule has 2 fully saturated rings. The van der Waals surface area contributed by atoms with Crippen molar-refractivity contribution < 1.29 is 9.53 Å². The first-order valence-electron chi connectivity index (χ1n) is 6.32. The van der Waals surface area contributed by atoms with Crippen LogP contribution >= 0.6 is 0 Å². The molecular formula is C12H22N2O2. The second kappa shape index (κ2) is 5.15. The Morgan fingerprint density at radius 2 is 2.06 bits per heavy atom. The average molecular weight is 226 g/mol. The fraction of sp³-hybridized carbons (Fsp3) is 0.917. The van der Waals surface area contributed by atoms with Gasteiger partial charge in [0.25, 0.3) is 0 Å². The SMILES string of the molecule is C[C@@H]1CN(C(=O)CC2CCCN2)C[C@H](C)O1. The molecule has 2 heterocycles. The van der Waals surface area contributed by atoms with Crippen LogP contribution < -0.4 is 5.32 Å². The van der Waals surface area contributed by atoms with Crippen molar-refractivity contribution in [2.24, 2.45) is 0 Å². The lowest BCUT2D eigenvalue weighted by molar-refractivity contribution is -0.143. The molecule has 0 radical (unpaired) electrons. The van der Waals surface area contributed by atoms with Crippen LogP contribution in [-0.2, 0) is 9.53 Å². The summed E-state index contributed by atoms with van der Waals surface area (Å²) in [4.78, 5) is 14.0. The summed E-state index contributed by atoms with van der Waals surface area (Å²) < 4.78 is 5.63. The normalized spacial score (nSPS) is 35.4. The second-order valence-corrected chi connectivity index (χ2v) is 5.05. The molecule has 1 N–H and O–H groups in total. The van der Waals surface area contributed by atoms with E-state index >= 15 is 0 Å². The third kappa shape index (κ3) is 2.95. The summed E-state index contributed by atoms with van der Waals surface area (Å²) in [7, 11) is 0. The third-order valence-electron chi connectivity index (χ3n) is 3.36. The monoisotopic (exact) mass is 226 g/mol. The predicted octanol–water partition coefficient (Wildman–Crippen LogP) is 0.764. The molecule has 92 valence electrons. The van der Waals surface area contributed by atoms with Gasteiger partial charge in [-0.05, 0) is 33.2 Å². The van der Waals surface area contributed by atoms with Crippen LogP contribution in [-0.4, -0.2) is 48.7 Å². The summed E-state index contributed by atoms with van der Waals surface area (Å²) in [5.74, 6) is 0.279. The minimum Gasteiger partial charge on any atom is -0.372 e. The van der Waals surface area contributed by atoms with Gasteiger partial charge in [-0.3, -0.25) is 4.79 Å². The maximum absolute atomic E-state index is 12.1. The van der Waals surface area contributed by atoms with E-state index in [-0.39, 0.29) is 18.1 Å². The summed E-state index contributed by atoms with van der Waals surface area (Å²) in [6.45, 7) is 6.62. The number of rotatable bonds is 2. The Labute approximate surface area is 97.3 Å². The van der Waals surface area contributed by atoms with Gasteiger partial charge in [-0.15, -0.1) is 0 Å². The van der Waals surface area contributed by atoms with Crippen molar-refractivity contribution in [1.82, 2.24) is 10.2 Å². The zero-order valence-electron chi connectivity index (χ0n) is 10.2. The summed E-state index contributed by atoms with van der Waals surface area (Å²) in [6.07, 6.45) is 3.34. The van der Waals surface area contributed by atoms with Crippen molar-refractivity contribution in [2.45, 2.75) is 51.4 Å².